The number of carboxylic acids is 1. The molecule has 0 bridgehead atoms. The molecule has 3 aromatic carbocycles. The fourth-order valence-electron chi connectivity index (χ4n) is 5.81. The van der Waals surface area contributed by atoms with Gasteiger partial charge in [0.25, 0.3) is 5.91 Å². The molecule has 44 heavy (non-hydrogen) atoms. The van der Waals surface area contributed by atoms with E-state index in [9.17, 15) is 24.2 Å². The van der Waals surface area contributed by atoms with Crippen LogP contribution in [0.15, 0.2) is 85.1 Å². The van der Waals surface area contributed by atoms with Gasteiger partial charge in [0.2, 0.25) is 0 Å². The summed E-state index contributed by atoms with van der Waals surface area (Å²) in [6.45, 7) is 4.25. The smallest absolute Gasteiger partial charge is 0.305 e. The molecule has 228 valence electrons. The van der Waals surface area contributed by atoms with E-state index < -0.39 is 30.4 Å². The Labute approximate surface area is 254 Å². The highest BCUT2D eigenvalue weighted by Gasteiger charge is 2.31. The van der Waals surface area contributed by atoms with Crippen LogP contribution in [0.5, 0.6) is 0 Å². The van der Waals surface area contributed by atoms with E-state index in [-0.39, 0.29) is 31.2 Å². The number of halogens is 1. The van der Waals surface area contributed by atoms with Gasteiger partial charge in [-0.1, -0.05) is 44.2 Å². The number of anilines is 1. The predicted octanol–water partition coefficient (Wildman–Crippen LogP) is 6.79. The van der Waals surface area contributed by atoms with Gasteiger partial charge in [0.15, 0.2) is 0 Å². The average Bonchev–Trinajstić information content (AvgIpc) is 3.59. The molecule has 0 aliphatic rings. The molecule has 0 aliphatic heterocycles. The van der Waals surface area contributed by atoms with Crippen LogP contribution in [-0.2, 0) is 11.3 Å². The third-order valence-electron chi connectivity index (χ3n) is 7.71. The molecule has 0 saturated heterocycles. The van der Waals surface area contributed by atoms with Crippen molar-refractivity contribution in [3.05, 3.63) is 102 Å². The molecule has 0 aliphatic carbocycles. The summed E-state index contributed by atoms with van der Waals surface area (Å²) in [5, 5.41) is 34.0. The largest absolute Gasteiger partial charge is 0.481 e. The molecule has 8 nitrogen and oxygen atoms in total. The number of aliphatic hydroxyl groups is 2. The Hall–Kier alpha value is -4.73. The lowest BCUT2D eigenvalue weighted by Crippen LogP contribution is -2.22. The first-order valence-corrected chi connectivity index (χ1v) is 14.7. The average molecular weight is 598 g/mol. The van der Waals surface area contributed by atoms with E-state index in [1.807, 2.05) is 79.2 Å². The number of aliphatic hydroxyl groups excluding tert-OH is 2. The van der Waals surface area contributed by atoms with Gasteiger partial charge >= 0.3 is 5.97 Å². The van der Waals surface area contributed by atoms with E-state index in [0.29, 0.717) is 28.1 Å². The summed E-state index contributed by atoms with van der Waals surface area (Å²) in [5.41, 5.74) is 5.67. The molecule has 2 aromatic heterocycles. The second kappa shape index (κ2) is 13.3. The molecular weight excluding hydrogens is 561 g/mol. The summed E-state index contributed by atoms with van der Waals surface area (Å²) in [5.74, 6) is -1.97. The maximum atomic E-state index is 14.3. The Kier molecular flexibility index (Phi) is 9.27. The van der Waals surface area contributed by atoms with Crippen molar-refractivity contribution in [1.82, 2.24) is 9.55 Å². The van der Waals surface area contributed by atoms with Crippen molar-refractivity contribution in [2.45, 2.75) is 57.8 Å². The van der Waals surface area contributed by atoms with Crippen LogP contribution in [-0.4, -0.2) is 49.0 Å². The zero-order chi connectivity index (χ0) is 31.4. The summed E-state index contributed by atoms with van der Waals surface area (Å²) in [6.07, 6.45) is -0.707. The number of hydrogen-bond acceptors (Lipinski definition) is 4. The fraction of sp³-hybridized carbons (Fsp3) is 0.257. The fourth-order valence-corrected chi connectivity index (χ4v) is 5.81. The molecule has 1 amide bonds. The Balaban J connectivity index is 1.65. The number of aliphatic carboxylic acids is 1. The normalized spacial score (nSPS) is 12.9. The predicted molar refractivity (Wildman–Crippen MR) is 169 cm³/mol. The van der Waals surface area contributed by atoms with E-state index in [4.69, 9.17) is 5.11 Å². The molecule has 0 saturated carbocycles. The molecule has 0 fully saturated rings. The van der Waals surface area contributed by atoms with Gasteiger partial charge in [0.05, 0.1) is 29.9 Å². The lowest BCUT2D eigenvalue weighted by atomic mass is 9.94. The number of nitrogens with zero attached hydrogens (tertiary/aromatic N) is 1. The number of rotatable bonds is 12. The van der Waals surface area contributed by atoms with E-state index in [0.717, 1.165) is 22.2 Å². The van der Waals surface area contributed by atoms with Crippen LogP contribution in [0.1, 0.15) is 55.1 Å². The van der Waals surface area contributed by atoms with Gasteiger partial charge in [-0.2, -0.15) is 0 Å². The van der Waals surface area contributed by atoms with Gasteiger partial charge in [0.1, 0.15) is 5.82 Å². The first-order chi connectivity index (χ1) is 21.1. The lowest BCUT2D eigenvalue weighted by molar-refractivity contribution is -0.139. The maximum Gasteiger partial charge on any atom is 0.305 e. The number of nitrogens with one attached hydrogen (secondary N) is 2. The van der Waals surface area contributed by atoms with Gasteiger partial charge in [-0.05, 0) is 78.4 Å². The highest BCUT2D eigenvalue weighted by molar-refractivity contribution is 6.13. The van der Waals surface area contributed by atoms with Crippen LogP contribution >= 0.6 is 0 Å². The number of aromatic amines is 1. The maximum absolute atomic E-state index is 14.3. The van der Waals surface area contributed by atoms with Crippen LogP contribution in [0.4, 0.5) is 10.1 Å². The molecule has 9 heteroatoms. The number of carbonyl (C=O) groups is 2. The number of benzene rings is 3. The van der Waals surface area contributed by atoms with Crippen LogP contribution in [0.25, 0.3) is 33.3 Å². The topological polar surface area (TPSA) is 128 Å². The van der Waals surface area contributed by atoms with Gasteiger partial charge < -0.3 is 30.2 Å². The molecule has 2 atom stereocenters. The third-order valence-corrected chi connectivity index (χ3v) is 7.71. The number of aromatic nitrogens is 2. The summed E-state index contributed by atoms with van der Waals surface area (Å²) >= 11 is 0. The Morgan fingerprint density at radius 3 is 2.34 bits per heavy atom. The van der Waals surface area contributed by atoms with Gasteiger partial charge in [0, 0.05) is 40.6 Å². The van der Waals surface area contributed by atoms with Crippen molar-refractivity contribution in [3.63, 3.8) is 0 Å². The first kappa shape index (κ1) is 30.7. The minimum absolute atomic E-state index is 0.100. The Morgan fingerprint density at radius 1 is 0.932 bits per heavy atom. The zero-order valence-electron chi connectivity index (χ0n) is 24.6. The van der Waals surface area contributed by atoms with Crippen molar-refractivity contribution < 1.29 is 29.3 Å². The molecule has 5 rings (SSSR count). The van der Waals surface area contributed by atoms with Crippen molar-refractivity contribution >= 4 is 28.5 Å². The standard InChI is InChI=1S/C35H36FN3O5/c1-21(2)33-32(35(44)38-26-12-13-29-24(18-26)14-16-37-29)31(22-6-4-3-5-7-22)34(23-8-10-25(36)11-9-23)39(33)17-15-27(40)19-28(41)20-30(42)43/h3-14,16,18,21,27-28,37,40-41H,15,17,19-20H2,1-2H3,(H,38,44)(H,42,43)/t27-,28-/m1/s1. The van der Waals surface area contributed by atoms with Gasteiger partial charge in [-0.25, -0.2) is 4.39 Å². The summed E-state index contributed by atoms with van der Waals surface area (Å²) in [4.78, 5) is 28.5. The van der Waals surface area contributed by atoms with E-state index in [2.05, 4.69) is 10.3 Å². The van der Waals surface area contributed by atoms with Gasteiger partial charge in [-0.15, -0.1) is 0 Å². The monoisotopic (exact) mass is 597 g/mol. The lowest BCUT2D eigenvalue weighted by Gasteiger charge is -2.20. The van der Waals surface area contributed by atoms with Gasteiger partial charge in [-0.3, -0.25) is 9.59 Å². The Bertz CT molecular complexity index is 1760. The van der Waals surface area contributed by atoms with Crippen molar-refractivity contribution in [2.24, 2.45) is 0 Å². The highest BCUT2D eigenvalue weighted by Crippen LogP contribution is 2.42. The second-order valence-corrected chi connectivity index (χ2v) is 11.3. The summed E-state index contributed by atoms with van der Waals surface area (Å²) < 4.78 is 16.1. The second-order valence-electron chi connectivity index (χ2n) is 11.3. The molecular formula is C35H36FN3O5. The number of carbonyl (C=O) groups excluding carboxylic acids is 1. The van der Waals surface area contributed by atoms with Crippen molar-refractivity contribution in [2.75, 3.05) is 5.32 Å². The van der Waals surface area contributed by atoms with E-state index >= 15 is 0 Å². The molecule has 2 heterocycles. The quantitative estimate of drug-likeness (QED) is 0.108. The zero-order valence-corrected chi connectivity index (χ0v) is 24.6. The number of carboxylic acid groups (broad SMARTS) is 1. The van der Waals surface area contributed by atoms with Crippen LogP contribution in [0, 0.1) is 5.82 Å². The summed E-state index contributed by atoms with van der Waals surface area (Å²) in [7, 11) is 0. The highest BCUT2D eigenvalue weighted by atomic mass is 19.1. The molecule has 5 aromatic rings. The number of hydrogen-bond donors (Lipinski definition) is 5. The summed E-state index contributed by atoms with van der Waals surface area (Å²) in [6, 6.07) is 23.2. The molecule has 5 N–H and O–H groups in total. The minimum Gasteiger partial charge on any atom is -0.481 e. The SMILES string of the molecule is CC(C)c1c(C(=O)Nc2ccc3[nH]ccc3c2)c(-c2ccccc2)c(-c2ccc(F)cc2)n1CC[C@@H](O)C[C@@H](O)CC(=O)O. The Morgan fingerprint density at radius 2 is 1.66 bits per heavy atom. The molecule has 0 spiro atoms. The number of fused-ring (bicyclic) bond motifs is 1. The molecule has 0 radical (unpaired) electrons. The first-order valence-electron chi connectivity index (χ1n) is 14.7. The number of H-pyrrole nitrogens is 1. The van der Waals surface area contributed by atoms with Crippen LogP contribution in [0.2, 0.25) is 0 Å². The van der Waals surface area contributed by atoms with E-state index in [1.165, 1.54) is 12.1 Å². The molecule has 0 unspecified atom stereocenters. The van der Waals surface area contributed by atoms with Crippen molar-refractivity contribution in [1.29, 1.82) is 0 Å². The van der Waals surface area contributed by atoms with Crippen molar-refractivity contribution in [3.8, 4) is 22.4 Å². The number of amides is 1. The van der Waals surface area contributed by atoms with Crippen LogP contribution in [0.3, 0.4) is 0 Å². The van der Waals surface area contributed by atoms with Crippen LogP contribution < -0.4 is 5.32 Å². The minimum atomic E-state index is -1.19. The van der Waals surface area contributed by atoms with E-state index in [1.54, 1.807) is 12.1 Å². The third kappa shape index (κ3) is 6.74.